The van der Waals surface area contributed by atoms with Gasteiger partial charge in [-0.2, -0.15) is 0 Å². The molecule has 0 aliphatic rings. The lowest BCUT2D eigenvalue weighted by atomic mass is 10.2. The Morgan fingerprint density at radius 2 is 1.75 bits per heavy atom. The third kappa shape index (κ3) is 4.12. The molecule has 0 saturated heterocycles. The predicted molar refractivity (Wildman–Crippen MR) is 78.2 cm³/mol. The number of hydrogen-bond donors (Lipinski definition) is 0. The van der Waals surface area contributed by atoms with Crippen molar-refractivity contribution in [3.63, 3.8) is 0 Å². The molecule has 20 heavy (non-hydrogen) atoms. The molecule has 0 spiro atoms. The highest BCUT2D eigenvalue weighted by Gasteiger charge is 2.09. The van der Waals surface area contributed by atoms with Crippen molar-refractivity contribution >= 4 is 5.97 Å². The molecule has 0 radical (unpaired) electrons. The molecular formula is C17H18O3. The first kappa shape index (κ1) is 14.1. The lowest BCUT2D eigenvalue weighted by molar-refractivity contribution is 0.0734. The van der Waals surface area contributed by atoms with Gasteiger partial charge in [-0.25, -0.2) is 4.79 Å². The van der Waals surface area contributed by atoms with Crippen molar-refractivity contribution < 1.29 is 14.3 Å². The van der Waals surface area contributed by atoms with Crippen LogP contribution in [0.5, 0.6) is 11.5 Å². The van der Waals surface area contributed by atoms with Crippen LogP contribution in [0.1, 0.15) is 30.1 Å². The van der Waals surface area contributed by atoms with Crippen LogP contribution in [0.2, 0.25) is 0 Å². The Labute approximate surface area is 119 Å². The Morgan fingerprint density at radius 1 is 1.00 bits per heavy atom. The van der Waals surface area contributed by atoms with Gasteiger partial charge in [0, 0.05) is 0 Å². The van der Waals surface area contributed by atoms with Gasteiger partial charge in [-0.05, 0) is 36.8 Å². The Kier molecular flexibility index (Phi) is 5.18. The molecule has 0 aliphatic carbocycles. The summed E-state index contributed by atoms with van der Waals surface area (Å²) in [6.07, 6.45) is 2.08. The maximum Gasteiger partial charge on any atom is 0.343 e. The molecule has 3 heteroatoms. The van der Waals surface area contributed by atoms with Crippen LogP contribution in [-0.4, -0.2) is 12.6 Å². The standard InChI is InChI=1S/C17H18O3/c1-2-3-12-19-16-11-7-8-14(13-16)17(18)20-15-9-5-4-6-10-15/h4-11,13H,2-3,12H2,1H3. The highest BCUT2D eigenvalue weighted by Crippen LogP contribution is 2.16. The zero-order chi connectivity index (χ0) is 14.2. The Hall–Kier alpha value is -2.29. The third-order valence-corrected chi connectivity index (χ3v) is 2.79. The highest BCUT2D eigenvalue weighted by atomic mass is 16.5. The monoisotopic (exact) mass is 270 g/mol. The normalized spacial score (nSPS) is 10.1. The van der Waals surface area contributed by atoms with Crippen molar-refractivity contribution in [2.24, 2.45) is 0 Å². The maximum atomic E-state index is 12.0. The van der Waals surface area contributed by atoms with Crippen molar-refractivity contribution in [3.8, 4) is 11.5 Å². The number of esters is 1. The van der Waals surface area contributed by atoms with Gasteiger partial charge in [0.05, 0.1) is 12.2 Å². The molecule has 0 unspecified atom stereocenters. The molecule has 2 aromatic carbocycles. The molecule has 0 N–H and O–H groups in total. The Balaban J connectivity index is 2.01. The lowest BCUT2D eigenvalue weighted by Crippen LogP contribution is -2.08. The maximum absolute atomic E-state index is 12.0. The first-order valence-electron chi connectivity index (χ1n) is 6.79. The van der Waals surface area contributed by atoms with Crippen molar-refractivity contribution in [2.75, 3.05) is 6.61 Å². The molecule has 2 aromatic rings. The van der Waals surface area contributed by atoms with Gasteiger partial charge in [-0.3, -0.25) is 0 Å². The van der Waals surface area contributed by atoms with Crippen LogP contribution >= 0.6 is 0 Å². The summed E-state index contributed by atoms with van der Waals surface area (Å²) >= 11 is 0. The van der Waals surface area contributed by atoms with Gasteiger partial charge in [-0.15, -0.1) is 0 Å². The second-order valence-electron chi connectivity index (χ2n) is 4.43. The number of para-hydroxylation sites is 1. The Bertz CT molecular complexity index is 549. The second-order valence-corrected chi connectivity index (χ2v) is 4.43. The summed E-state index contributed by atoms with van der Waals surface area (Å²) in [5.41, 5.74) is 0.489. The minimum absolute atomic E-state index is 0.378. The van der Waals surface area contributed by atoms with Crippen LogP contribution in [-0.2, 0) is 0 Å². The quantitative estimate of drug-likeness (QED) is 0.450. The summed E-state index contributed by atoms with van der Waals surface area (Å²) < 4.78 is 10.9. The van der Waals surface area contributed by atoms with E-state index in [9.17, 15) is 4.79 Å². The summed E-state index contributed by atoms with van der Waals surface area (Å²) in [6.45, 7) is 2.77. The molecular weight excluding hydrogens is 252 g/mol. The summed E-state index contributed by atoms with van der Waals surface area (Å²) in [7, 11) is 0. The molecule has 0 heterocycles. The molecule has 0 saturated carbocycles. The summed E-state index contributed by atoms with van der Waals surface area (Å²) in [5, 5.41) is 0. The van der Waals surface area contributed by atoms with E-state index >= 15 is 0 Å². The third-order valence-electron chi connectivity index (χ3n) is 2.79. The number of hydrogen-bond acceptors (Lipinski definition) is 3. The van der Waals surface area contributed by atoms with Crippen LogP contribution in [0.25, 0.3) is 0 Å². The van der Waals surface area contributed by atoms with Gasteiger partial charge in [0.2, 0.25) is 0 Å². The van der Waals surface area contributed by atoms with Gasteiger partial charge < -0.3 is 9.47 Å². The predicted octanol–water partition coefficient (Wildman–Crippen LogP) is 4.08. The minimum atomic E-state index is -0.378. The fourth-order valence-electron chi connectivity index (χ4n) is 1.70. The van der Waals surface area contributed by atoms with Crippen LogP contribution in [0.3, 0.4) is 0 Å². The number of benzene rings is 2. The van der Waals surface area contributed by atoms with Crippen LogP contribution in [0, 0.1) is 0 Å². The average Bonchev–Trinajstić information content (AvgIpc) is 2.49. The number of unbranched alkanes of at least 4 members (excludes halogenated alkanes) is 1. The number of ether oxygens (including phenoxy) is 2. The van der Waals surface area contributed by atoms with E-state index in [0.29, 0.717) is 23.7 Å². The molecule has 0 aliphatic heterocycles. The fraction of sp³-hybridized carbons (Fsp3) is 0.235. The SMILES string of the molecule is CCCCOc1cccc(C(=O)Oc2ccccc2)c1. The largest absolute Gasteiger partial charge is 0.494 e. The van der Waals surface area contributed by atoms with E-state index < -0.39 is 0 Å². The molecule has 104 valence electrons. The average molecular weight is 270 g/mol. The number of carbonyl (C=O) groups is 1. The van der Waals surface area contributed by atoms with Gasteiger partial charge in [-0.1, -0.05) is 37.6 Å². The van der Waals surface area contributed by atoms with Crippen LogP contribution < -0.4 is 9.47 Å². The molecule has 0 atom stereocenters. The molecule has 0 fully saturated rings. The molecule has 3 nitrogen and oxygen atoms in total. The van der Waals surface area contributed by atoms with Crippen molar-refractivity contribution in [1.82, 2.24) is 0 Å². The zero-order valence-corrected chi connectivity index (χ0v) is 11.5. The van der Waals surface area contributed by atoms with Crippen LogP contribution in [0.4, 0.5) is 0 Å². The van der Waals surface area contributed by atoms with E-state index in [1.165, 1.54) is 0 Å². The van der Waals surface area contributed by atoms with Crippen LogP contribution in [0.15, 0.2) is 54.6 Å². The molecule has 0 aromatic heterocycles. The highest BCUT2D eigenvalue weighted by molar-refractivity contribution is 5.91. The first-order valence-corrected chi connectivity index (χ1v) is 6.79. The Morgan fingerprint density at radius 3 is 2.50 bits per heavy atom. The van der Waals surface area contributed by atoms with Crippen molar-refractivity contribution in [2.45, 2.75) is 19.8 Å². The molecule has 0 amide bonds. The number of carbonyl (C=O) groups excluding carboxylic acids is 1. The zero-order valence-electron chi connectivity index (χ0n) is 11.5. The smallest absolute Gasteiger partial charge is 0.343 e. The van der Waals surface area contributed by atoms with E-state index in [-0.39, 0.29) is 5.97 Å². The van der Waals surface area contributed by atoms with E-state index in [1.807, 2.05) is 24.3 Å². The van der Waals surface area contributed by atoms with E-state index in [2.05, 4.69) is 6.92 Å². The summed E-state index contributed by atoms with van der Waals surface area (Å²) in [6, 6.07) is 16.1. The van der Waals surface area contributed by atoms with Crippen molar-refractivity contribution in [1.29, 1.82) is 0 Å². The van der Waals surface area contributed by atoms with Gasteiger partial charge in [0.15, 0.2) is 0 Å². The molecule has 0 bridgehead atoms. The van der Waals surface area contributed by atoms with E-state index in [1.54, 1.807) is 30.3 Å². The van der Waals surface area contributed by atoms with E-state index in [4.69, 9.17) is 9.47 Å². The number of rotatable bonds is 6. The topological polar surface area (TPSA) is 35.5 Å². The molecule has 2 rings (SSSR count). The first-order chi connectivity index (χ1) is 9.79. The van der Waals surface area contributed by atoms with Crippen molar-refractivity contribution in [3.05, 3.63) is 60.2 Å². The van der Waals surface area contributed by atoms with Gasteiger partial charge in [0.25, 0.3) is 0 Å². The fourth-order valence-corrected chi connectivity index (χ4v) is 1.70. The minimum Gasteiger partial charge on any atom is -0.494 e. The second kappa shape index (κ2) is 7.34. The summed E-state index contributed by atoms with van der Waals surface area (Å²) in [4.78, 5) is 12.0. The van der Waals surface area contributed by atoms with Gasteiger partial charge >= 0.3 is 5.97 Å². The van der Waals surface area contributed by atoms with Gasteiger partial charge in [0.1, 0.15) is 11.5 Å². The van der Waals surface area contributed by atoms with E-state index in [0.717, 1.165) is 12.8 Å². The lowest BCUT2D eigenvalue weighted by Gasteiger charge is -2.07. The summed E-state index contributed by atoms with van der Waals surface area (Å²) in [5.74, 6) is 0.855.